The third-order valence-corrected chi connectivity index (χ3v) is 2.69. The molecular formula is C13H26N2O3. The Balaban J connectivity index is 1.98. The maximum Gasteiger partial charge on any atom is 0.224 e. The minimum absolute atomic E-state index is 0.0920. The van der Waals surface area contributed by atoms with Crippen LogP contribution in [-0.2, 0) is 14.3 Å². The third-order valence-electron chi connectivity index (χ3n) is 2.69. The molecule has 0 atom stereocenters. The average Bonchev–Trinajstić information content (AvgIpc) is 2.33. The Morgan fingerprint density at radius 1 is 1.28 bits per heavy atom. The minimum Gasteiger partial charge on any atom is -0.378 e. The van der Waals surface area contributed by atoms with E-state index in [-0.39, 0.29) is 11.5 Å². The maximum absolute atomic E-state index is 11.8. The highest BCUT2D eigenvalue weighted by Gasteiger charge is 2.15. The highest BCUT2D eigenvalue weighted by molar-refractivity contribution is 5.76. The van der Waals surface area contributed by atoms with Gasteiger partial charge in [0.05, 0.1) is 25.4 Å². The topological polar surface area (TPSA) is 50.8 Å². The molecule has 1 fully saturated rings. The van der Waals surface area contributed by atoms with Gasteiger partial charge in [0.15, 0.2) is 0 Å². The molecule has 0 radical (unpaired) electrons. The zero-order valence-electron chi connectivity index (χ0n) is 11.8. The fourth-order valence-electron chi connectivity index (χ4n) is 1.72. The molecule has 0 aliphatic carbocycles. The number of hydrogen-bond acceptors (Lipinski definition) is 4. The summed E-state index contributed by atoms with van der Waals surface area (Å²) >= 11 is 0. The first-order chi connectivity index (χ1) is 8.49. The second kappa shape index (κ2) is 7.71. The molecular weight excluding hydrogens is 232 g/mol. The van der Waals surface area contributed by atoms with E-state index in [4.69, 9.17) is 9.47 Å². The van der Waals surface area contributed by atoms with Crippen LogP contribution in [0.5, 0.6) is 0 Å². The molecule has 0 unspecified atom stereocenters. The lowest BCUT2D eigenvalue weighted by Gasteiger charge is -2.27. The molecule has 1 rings (SSSR count). The summed E-state index contributed by atoms with van der Waals surface area (Å²) in [7, 11) is 0. The van der Waals surface area contributed by atoms with Crippen LogP contribution in [0.1, 0.15) is 27.2 Å². The molecule has 1 saturated heterocycles. The molecule has 18 heavy (non-hydrogen) atoms. The first kappa shape index (κ1) is 15.4. The van der Waals surface area contributed by atoms with Gasteiger partial charge in [-0.05, 0) is 20.8 Å². The number of hydrogen-bond donors (Lipinski definition) is 1. The van der Waals surface area contributed by atoms with Crippen molar-refractivity contribution in [2.75, 3.05) is 46.0 Å². The second-order valence-electron chi connectivity index (χ2n) is 5.45. The number of nitrogens with zero attached hydrogens (tertiary/aromatic N) is 1. The van der Waals surface area contributed by atoms with Crippen molar-refractivity contribution < 1.29 is 14.3 Å². The fraction of sp³-hybridized carbons (Fsp3) is 0.923. The Morgan fingerprint density at radius 3 is 2.56 bits per heavy atom. The van der Waals surface area contributed by atoms with Gasteiger partial charge in [-0.1, -0.05) is 0 Å². The molecule has 5 nitrogen and oxygen atoms in total. The first-order valence-electron chi connectivity index (χ1n) is 6.69. The van der Waals surface area contributed by atoms with Crippen LogP contribution in [0.2, 0.25) is 0 Å². The van der Waals surface area contributed by atoms with Gasteiger partial charge in [0.25, 0.3) is 0 Å². The smallest absolute Gasteiger partial charge is 0.224 e. The molecule has 0 aromatic heterocycles. The fourth-order valence-corrected chi connectivity index (χ4v) is 1.72. The van der Waals surface area contributed by atoms with Crippen LogP contribution in [0.15, 0.2) is 0 Å². The second-order valence-corrected chi connectivity index (χ2v) is 5.45. The quantitative estimate of drug-likeness (QED) is 0.710. The summed E-state index contributed by atoms with van der Waals surface area (Å²) in [4.78, 5) is 13.7. The van der Waals surface area contributed by atoms with Crippen LogP contribution in [-0.4, -0.2) is 62.4 Å². The molecule has 0 aromatic rings. The van der Waals surface area contributed by atoms with Crippen molar-refractivity contribution in [3.8, 4) is 0 Å². The predicted octanol–water partition coefficient (Wildman–Crippen LogP) is 0.640. The number of carbonyl (C=O) groups excluding carboxylic acids is 1. The summed E-state index contributed by atoms with van der Waals surface area (Å²) in [5, 5.41) is 3.22. The lowest BCUT2D eigenvalue weighted by molar-refractivity contribution is -0.135. The van der Waals surface area contributed by atoms with E-state index in [0.29, 0.717) is 32.8 Å². The Bertz CT molecular complexity index is 245. The average molecular weight is 258 g/mol. The summed E-state index contributed by atoms with van der Waals surface area (Å²) in [6.45, 7) is 11.1. The maximum atomic E-state index is 11.8. The molecule has 1 aliphatic rings. The van der Waals surface area contributed by atoms with Gasteiger partial charge in [0.2, 0.25) is 5.91 Å². The Hall–Kier alpha value is -0.650. The van der Waals surface area contributed by atoms with E-state index in [1.165, 1.54) is 0 Å². The SMILES string of the molecule is CC(C)(C)OCCNCCC(=O)N1CCOCC1. The zero-order valence-corrected chi connectivity index (χ0v) is 11.8. The van der Waals surface area contributed by atoms with Gasteiger partial charge in [0.1, 0.15) is 0 Å². The normalized spacial score (nSPS) is 16.9. The van der Waals surface area contributed by atoms with E-state index in [1.807, 2.05) is 25.7 Å². The summed E-state index contributed by atoms with van der Waals surface area (Å²) in [6.07, 6.45) is 0.551. The van der Waals surface area contributed by atoms with Crippen molar-refractivity contribution >= 4 is 5.91 Å². The largest absolute Gasteiger partial charge is 0.378 e. The molecule has 5 heteroatoms. The number of carbonyl (C=O) groups is 1. The van der Waals surface area contributed by atoms with E-state index < -0.39 is 0 Å². The van der Waals surface area contributed by atoms with Gasteiger partial charge < -0.3 is 19.7 Å². The Labute approximate surface area is 110 Å². The Kier molecular flexibility index (Phi) is 6.60. The standard InChI is InChI=1S/C13H26N2O3/c1-13(2,3)18-9-6-14-5-4-12(16)15-7-10-17-11-8-15/h14H,4-11H2,1-3H3. The van der Waals surface area contributed by atoms with Crippen LogP contribution in [0.25, 0.3) is 0 Å². The van der Waals surface area contributed by atoms with E-state index in [1.54, 1.807) is 0 Å². The Morgan fingerprint density at radius 2 is 1.94 bits per heavy atom. The molecule has 106 valence electrons. The van der Waals surface area contributed by atoms with Crippen LogP contribution in [0.4, 0.5) is 0 Å². The predicted molar refractivity (Wildman–Crippen MR) is 70.6 cm³/mol. The number of amides is 1. The molecule has 0 spiro atoms. The number of morpholine rings is 1. The molecule has 1 heterocycles. The molecule has 1 aliphatic heterocycles. The van der Waals surface area contributed by atoms with Crippen molar-refractivity contribution in [2.24, 2.45) is 0 Å². The van der Waals surface area contributed by atoms with Crippen molar-refractivity contribution in [2.45, 2.75) is 32.8 Å². The monoisotopic (exact) mass is 258 g/mol. The van der Waals surface area contributed by atoms with Crippen molar-refractivity contribution in [3.05, 3.63) is 0 Å². The molecule has 1 N–H and O–H groups in total. The highest BCUT2D eigenvalue weighted by atomic mass is 16.5. The summed E-state index contributed by atoms with van der Waals surface area (Å²) < 4.78 is 10.8. The summed E-state index contributed by atoms with van der Waals surface area (Å²) in [5.74, 6) is 0.211. The van der Waals surface area contributed by atoms with E-state index >= 15 is 0 Å². The minimum atomic E-state index is -0.0920. The zero-order chi connectivity index (χ0) is 13.4. The van der Waals surface area contributed by atoms with Crippen LogP contribution < -0.4 is 5.32 Å². The van der Waals surface area contributed by atoms with Crippen molar-refractivity contribution in [1.82, 2.24) is 10.2 Å². The van der Waals surface area contributed by atoms with Gasteiger partial charge in [-0.3, -0.25) is 4.79 Å². The number of nitrogens with one attached hydrogen (secondary N) is 1. The molecule has 0 bridgehead atoms. The lowest BCUT2D eigenvalue weighted by atomic mass is 10.2. The van der Waals surface area contributed by atoms with Gasteiger partial charge in [0, 0.05) is 32.6 Å². The lowest BCUT2D eigenvalue weighted by Crippen LogP contribution is -2.41. The van der Waals surface area contributed by atoms with Gasteiger partial charge in [-0.2, -0.15) is 0 Å². The molecule has 1 amide bonds. The highest BCUT2D eigenvalue weighted by Crippen LogP contribution is 2.05. The van der Waals surface area contributed by atoms with E-state index in [2.05, 4.69) is 5.32 Å². The third kappa shape index (κ3) is 6.93. The molecule has 0 aromatic carbocycles. The van der Waals surface area contributed by atoms with E-state index in [9.17, 15) is 4.79 Å². The number of ether oxygens (including phenoxy) is 2. The van der Waals surface area contributed by atoms with Crippen molar-refractivity contribution in [3.63, 3.8) is 0 Å². The van der Waals surface area contributed by atoms with Crippen LogP contribution in [0, 0.1) is 0 Å². The van der Waals surface area contributed by atoms with Crippen LogP contribution >= 0.6 is 0 Å². The summed E-state index contributed by atoms with van der Waals surface area (Å²) in [6, 6.07) is 0. The van der Waals surface area contributed by atoms with Gasteiger partial charge >= 0.3 is 0 Å². The molecule has 0 saturated carbocycles. The van der Waals surface area contributed by atoms with Crippen molar-refractivity contribution in [1.29, 1.82) is 0 Å². The number of rotatable bonds is 6. The first-order valence-corrected chi connectivity index (χ1v) is 6.69. The van der Waals surface area contributed by atoms with Gasteiger partial charge in [-0.25, -0.2) is 0 Å². The summed E-state index contributed by atoms with van der Waals surface area (Å²) in [5.41, 5.74) is -0.0920. The van der Waals surface area contributed by atoms with Crippen LogP contribution in [0.3, 0.4) is 0 Å². The van der Waals surface area contributed by atoms with Gasteiger partial charge in [-0.15, -0.1) is 0 Å². The van der Waals surface area contributed by atoms with E-state index in [0.717, 1.165) is 19.6 Å².